The van der Waals surface area contributed by atoms with Crippen LogP contribution in [0, 0.1) is 21.4 Å². The first kappa shape index (κ1) is 21.0. The number of nitrogens with one attached hydrogen (secondary N) is 1. The van der Waals surface area contributed by atoms with E-state index in [9.17, 15) is 19.7 Å². The molecule has 0 radical (unpaired) electrons. The van der Waals surface area contributed by atoms with Gasteiger partial charge in [-0.2, -0.15) is 5.26 Å². The first-order chi connectivity index (χ1) is 14.3. The number of allylic oxidation sites excluding steroid dienone is 3. The number of amides is 1. The fraction of sp³-hybridized carbons (Fsp3) is 0.286. The lowest BCUT2D eigenvalue weighted by Gasteiger charge is -2.26. The van der Waals surface area contributed by atoms with Crippen molar-refractivity contribution < 1.29 is 19.2 Å². The Kier molecular flexibility index (Phi) is 6.09. The monoisotopic (exact) mass is 408 g/mol. The molecule has 1 atom stereocenters. The number of hydrogen-bond acceptors (Lipinski definition) is 7. The van der Waals surface area contributed by atoms with E-state index >= 15 is 0 Å². The number of hydrogen-bond donors (Lipinski definition) is 1. The summed E-state index contributed by atoms with van der Waals surface area (Å²) in [5.41, 5.74) is 2.55. The maximum Gasteiger partial charge on any atom is 0.275 e. The Morgan fingerprint density at radius 1 is 1.43 bits per heavy atom. The van der Waals surface area contributed by atoms with Crippen LogP contribution in [0.5, 0.6) is 0 Å². The number of nitriles is 1. The lowest BCUT2D eigenvalue weighted by atomic mass is 9.95. The normalized spacial score (nSPS) is 16.1. The van der Waals surface area contributed by atoms with E-state index in [1.807, 2.05) is 6.07 Å². The quantitative estimate of drug-likeness (QED) is 0.541. The zero-order chi connectivity index (χ0) is 21.8. The smallest absolute Gasteiger partial charge is 0.275 e. The summed E-state index contributed by atoms with van der Waals surface area (Å²) in [6, 6.07) is 5.94. The molecule has 9 heteroatoms. The summed E-state index contributed by atoms with van der Waals surface area (Å²) in [5, 5.41) is 22.9. The largest absolute Gasteiger partial charge is 0.350 e. The van der Waals surface area contributed by atoms with Crippen LogP contribution >= 0.6 is 0 Å². The SMILES string of the molecule is CCOC(C(=O)NCc1ccc(C#N)cc1[N+](=O)[O-])N1C=C2C=CC(=O)C(C)=C2C1. The molecule has 3 rings (SSSR count). The summed E-state index contributed by atoms with van der Waals surface area (Å²) in [6.45, 7) is 4.05. The topological polar surface area (TPSA) is 126 Å². The number of carbonyl (C=O) groups excluding carboxylic acids is 2. The molecule has 9 nitrogen and oxygen atoms in total. The van der Waals surface area contributed by atoms with E-state index in [2.05, 4.69) is 5.32 Å². The van der Waals surface area contributed by atoms with Crippen LogP contribution in [-0.2, 0) is 20.9 Å². The molecule has 0 fully saturated rings. The molecule has 30 heavy (non-hydrogen) atoms. The predicted molar refractivity (Wildman–Crippen MR) is 107 cm³/mol. The summed E-state index contributed by atoms with van der Waals surface area (Å²) in [5.74, 6) is -0.519. The number of benzene rings is 1. The Morgan fingerprint density at radius 3 is 2.87 bits per heavy atom. The lowest BCUT2D eigenvalue weighted by Crippen LogP contribution is -2.45. The zero-order valence-electron chi connectivity index (χ0n) is 16.5. The van der Waals surface area contributed by atoms with Crippen molar-refractivity contribution in [2.45, 2.75) is 26.6 Å². The van der Waals surface area contributed by atoms with E-state index in [1.54, 1.807) is 31.0 Å². The van der Waals surface area contributed by atoms with Gasteiger partial charge in [0.15, 0.2) is 5.78 Å². The molecule has 1 N–H and O–H groups in total. The Labute approximate surface area is 173 Å². The summed E-state index contributed by atoms with van der Waals surface area (Å²) >= 11 is 0. The minimum Gasteiger partial charge on any atom is -0.350 e. The van der Waals surface area contributed by atoms with Gasteiger partial charge in [0.2, 0.25) is 6.23 Å². The summed E-state index contributed by atoms with van der Waals surface area (Å²) < 4.78 is 5.62. The van der Waals surface area contributed by atoms with Crippen LogP contribution in [-0.4, -0.2) is 40.9 Å². The van der Waals surface area contributed by atoms with Crippen LogP contribution in [0.3, 0.4) is 0 Å². The van der Waals surface area contributed by atoms with Crippen LogP contribution in [0.25, 0.3) is 0 Å². The van der Waals surface area contributed by atoms with E-state index in [0.29, 0.717) is 12.1 Å². The molecule has 2 aliphatic rings. The van der Waals surface area contributed by atoms with Crippen LogP contribution in [0.2, 0.25) is 0 Å². The van der Waals surface area contributed by atoms with Crippen molar-refractivity contribution in [2.24, 2.45) is 0 Å². The van der Waals surface area contributed by atoms with Crippen LogP contribution in [0.15, 0.2) is 53.3 Å². The second kappa shape index (κ2) is 8.71. The summed E-state index contributed by atoms with van der Waals surface area (Å²) in [6.07, 6.45) is 4.03. The molecule has 1 aromatic rings. The molecule has 154 valence electrons. The van der Waals surface area contributed by atoms with Gasteiger partial charge in [0.1, 0.15) is 0 Å². The minimum atomic E-state index is -0.950. The molecule has 0 saturated carbocycles. The van der Waals surface area contributed by atoms with E-state index in [-0.39, 0.29) is 35.7 Å². The van der Waals surface area contributed by atoms with Gasteiger partial charge in [0, 0.05) is 43.1 Å². The molecule has 1 heterocycles. The third-order valence-electron chi connectivity index (χ3n) is 4.94. The molecule has 0 spiro atoms. The second-order valence-electron chi connectivity index (χ2n) is 6.80. The number of carbonyl (C=O) groups is 2. The van der Waals surface area contributed by atoms with Gasteiger partial charge in [-0.3, -0.25) is 19.7 Å². The molecule has 1 aromatic carbocycles. The van der Waals surface area contributed by atoms with Gasteiger partial charge in [0.05, 0.1) is 16.6 Å². The van der Waals surface area contributed by atoms with Crippen molar-refractivity contribution in [3.05, 3.63) is 74.5 Å². The first-order valence-electron chi connectivity index (χ1n) is 9.32. The summed E-state index contributed by atoms with van der Waals surface area (Å²) in [7, 11) is 0. The fourth-order valence-corrected chi connectivity index (χ4v) is 3.35. The van der Waals surface area contributed by atoms with Gasteiger partial charge in [0.25, 0.3) is 11.6 Å². The Hall–Kier alpha value is -3.77. The van der Waals surface area contributed by atoms with Gasteiger partial charge < -0.3 is 15.0 Å². The number of nitro groups is 1. The minimum absolute atomic E-state index is 0.0606. The van der Waals surface area contributed by atoms with E-state index in [1.165, 1.54) is 24.3 Å². The highest BCUT2D eigenvalue weighted by molar-refractivity contribution is 6.06. The zero-order valence-corrected chi connectivity index (χ0v) is 16.5. The molecular formula is C21H20N4O5. The number of ether oxygens (including phenoxy) is 1. The van der Waals surface area contributed by atoms with E-state index in [0.717, 1.165) is 11.1 Å². The Balaban J connectivity index is 1.76. The van der Waals surface area contributed by atoms with Crippen molar-refractivity contribution in [1.29, 1.82) is 5.26 Å². The number of nitro benzene ring substituents is 1. The van der Waals surface area contributed by atoms with Gasteiger partial charge in [-0.05, 0) is 49.3 Å². The van der Waals surface area contributed by atoms with Crippen molar-refractivity contribution in [1.82, 2.24) is 10.2 Å². The molecule has 1 amide bonds. The molecule has 1 unspecified atom stereocenters. The Morgan fingerprint density at radius 2 is 2.20 bits per heavy atom. The van der Waals surface area contributed by atoms with Crippen molar-refractivity contribution in [3.8, 4) is 6.07 Å². The summed E-state index contributed by atoms with van der Waals surface area (Å²) in [4.78, 5) is 37.1. The van der Waals surface area contributed by atoms with Gasteiger partial charge in [-0.25, -0.2) is 0 Å². The van der Waals surface area contributed by atoms with Gasteiger partial charge >= 0.3 is 0 Å². The Bertz CT molecular complexity index is 1050. The van der Waals surface area contributed by atoms with Crippen LogP contribution in [0.4, 0.5) is 5.69 Å². The highest BCUT2D eigenvalue weighted by Gasteiger charge is 2.32. The third-order valence-corrected chi connectivity index (χ3v) is 4.94. The number of rotatable bonds is 7. The number of ketones is 1. The number of fused-ring (bicyclic) bond motifs is 1. The highest BCUT2D eigenvalue weighted by atomic mass is 16.6. The first-order valence-corrected chi connectivity index (χ1v) is 9.32. The van der Waals surface area contributed by atoms with Crippen molar-refractivity contribution in [2.75, 3.05) is 13.2 Å². The van der Waals surface area contributed by atoms with E-state index < -0.39 is 17.1 Å². The average Bonchev–Trinajstić information content (AvgIpc) is 3.17. The average molecular weight is 408 g/mol. The maximum atomic E-state index is 12.8. The van der Waals surface area contributed by atoms with Gasteiger partial charge in [-0.15, -0.1) is 0 Å². The fourth-order valence-electron chi connectivity index (χ4n) is 3.35. The lowest BCUT2D eigenvalue weighted by molar-refractivity contribution is -0.385. The van der Waals surface area contributed by atoms with Gasteiger partial charge in [-0.1, -0.05) is 0 Å². The molecule has 0 bridgehead atoms. The van der Waals surface area contributed by atoms with Crippen LogP contribution < -0.4 is 5.32 Å². The highest BCUT2D eigenvalue weighted by Crippen LogP contribution is 2.30. The molecule has 1 aliphatic carbocycles. The van der Waals surface area contributed by atoms with Crippen LogP contribution in [0.1, 0.15) is 25.0 Å². The third kappa shape index (κ3) is 4.14. The molecule has 1 aliphatic heterocycles. The molecule has 0 saturated heterocycles. The predicted octanol–water partition coefficient (Wildman–Crippen LogP) is 2.10. The van der Waals surface area contributed by atoms with Crippen molar-refractivity contribution >= 4 is 17.4 Å². The standard InChI is InChI=1S/C21H20N4O5/c1-3-30-21(24-11-16-6-7-19(26)13(2)17(16)12-24)20(27)23-10-15-5-4-14(9-22)8-18(15)25(28)29/h4-8,11,21H,3,10,12H2,1-2H3,(H,23,27). The van der Waals surface area contributed by atoms with E-state index in [4.69, 9.17) is 10.00 Å². The maximum absolute atomic E-state index is 12.8. The molecular weight excluding hydrogens is 388 g/mol. The van der Waals surface area contributed by atoms with Crippen molar-refractivity contribution in [3.63, 3.8) is 0 Å². The molecule has 0 aromatic heterocycles. The number of nitrogens with zero attached hydrogens (tertiary/aromatic N) is 3. The second-order valence-corrected chi connectivity index (χ2v) is 6.80.